The average molecular weight is 877 g/mol. The van der Waals surface area contributed by atoms with Gasteiger partial charge in [-0.1, -0.05) is 86.1 Å². The Labute approximate surface area is 356 Å². The van der Waals surface area contributed by atoms with E-state index < -0.39 is 43.4 Å². The molecule has 0 spiro atoms. The number of nitrogens with one attached hydrogen (secondary N) is 1. The van der Waals surface area contributed by atoms with Gasteiger partial charge in [-0.05, 0) is 73.4 Å². The summed E-state index contributed by atoms with van der Waals surface area (Å²) in [6, 6.07) is 23.0. The SMILES string of the molecule is CCCC(=O)SCCOP(=O)(Oc1ccccc1)C(F)(F)c1ccc2sc(C(=O)N[C@H]3CCCC[C@H]4CC[C@@H](C(=O)N5C[C@H](c6ccccc6)[C@@H](C#N)C5)N4C3=O)cc2c1. The van der Waals surface area contributed by atoms with E-state index in [0.717, 1.165) is 53.6 Å². The fourth-order valence-corrected chi connectivity index (χ4v) is 11.7. The summed E-state index contributed by atoms with van der Waals surface area (Å²) in [6.07, 6.45) is 4.74. The van der Waals surface area contributed by atoms with E-state index in [4.69, 9.17) is 9.05 Å². The van der Waals surface area contributed by atoms with E-state index in [2.05, 4.69) is 11.4 Å². The molecule has 0 radical (unpaired) electrons. The van der Waals surface area contributed by atoms with E-state index in [-0.39, 0.29) is 57.7 Å². The molecule has 3 amide bonds. The molecule has 4 aromatic rings. The number of thioether (sulfide) groups is 1. The molecule has 1 aromatic heterocycles. The van der Waals surface area contributed by atoms with Crippen molar-refractivity contribution >= 4 is 63.6 Å². The number of carbonyl (C=O) groups excluding carboxylic acids is 4. The van der Waals surface area contributed by atoms with Crippen molar-refractivity contribution in [2.24, 2.45) is 5.92 Å². The summed E-state index contributed by atoms with van der Waals surface area (Å²) < 4.78 is 58.1. The topological polar surface area (TPSA) is 146 Å². The molecule has 0 bridgehead atoms. The van der Waals surface area contributed by atoms with Crippen LogP contribution in [0.15, 0.2) is 84.9 Å². The van der Waals surface area contributed by atoms with Gasteiger partial charge in [-0.3, -0.25) is 23.7 Å². The Balaban J connectivity index is 1.06. The number of halogens is 2. The molecule has 3 aliphatic rings. The number of hydrogen-bond donors (Lipinski definition) is 1. The Morgan fingerprint density at radius 3 is 2.45 bits per heavy atom. The Hall–Kier alpha value is -4.61. The summed E-state index contributed by atoms with van der Waals surface area (Å²) in [5.41, 5.74) is -3.78. The largest absolute Gasteiger partial charge is 0.453 e. The number of alkyl halides is 2. The minimum Gasteiger partial charge on any atom is -0.420 e. The second kappa shape index (κ2) is 19.0. The van der Waals surface area contributed by atoms with Crippen molar-refractivity contribution in [1.82, 2.24) is 15.1 Å². The van der Waals surface area contributed by atoms with Crippen LogP contribution in [0, 0.1) is 17.2 Å². The highest BCUT2D eigenvalue weighted by atomic mass is 32.2. The summed E-state index contributed by atoms with van der Waals surface area (Å²) in [6.45, 7) is 2.09. The zero-order valence-corrected chi connectivity index (χ0v) is 35.7. The third kappa shape index (κ3) is 9.32. The van der Waals surface area contributed by atoms with Crippen LogP contribution < -0.4 is 9.84 Å². The molecule has 3 fully saturated rings. The van der Waals surface area contributed by atoms with Crippen LogP contribution in [0.1, 0.15) is 85.0 Å². The third-order valence-electron chi connectivity index (χ3n) is 11.4. The molecule has 0 aliphatic carbocycles. The molecule has 1 N–H and O–H groups in total. The van der Waals surface area contributed by atoms with E-state index in [9.17, 15) is 29.0 Å². The van der Waals surface area contributed by atoms with Crippen LogP contribution in [0.5, 0.6) is 5.75 Å². The number of likely N-dealkylation sites (tertiary alicyclic amines) is 1. The van der Waals surface area contributed by atoms with Crippen LogP contribution in [0.4, 0.5) is 8.78 Å². The number of carbonyl (C=O) groups is 4. The highest BCUT2D eigenvalue weighted by Gasteiger charge is 2.57. The molecular formula is C44H47F2N4O7PS2. The smallest absolute Gasteiger partial charge is 0.420 e. The number of hydrogen-bond acceptors (Lipinski definition) is 10. The van der Waals surface area contributed by atoms with E-state index in [1.54, 1.807) is 28.0 Å². The first-order valence-corrected chi connectivity index (χ1v) is 23.7. The number of nitrogens with zero attached hydrogens (tertiary/aromatic N) is 3. The Bertz CT molecular complexity index is 2290. The van der Waals surface area contributed by atoms with Gasteiger partial charge in [0.15, 0.2) is 5.12 Å². The minimum absolute atomic E-state index is 0.00828. The van der Waals surface area contributed by atoms with Crippen molar-refractivity contribution in [2.75, 3.05) is 25.4 Å². The van der Waals surface area contributed by atoms with Crippen molar-refractivity contribution in [3.63, 3.8) is 0 Å². The van der Waals surface area contributed by atoms with Gasteiger partial charge >= 0.3 is 13.3 Å². The molecule has 3 saturated heterocycles. The molecular weight excluding hydrogens is 830 g/mol. The summed E-state index contributed by atoms with van der Waals surface area (Å²) in [4.78, 5) is 57.8. The molecule has 4 heterocycles. The van der Waals surface area contributed by atoms with Crippen molar-refractivity contribution in [2.45, 2.75) is 88.0 Å². The van der Waals surface area contributed by atoms with Crippen LogP contribution in [0.25, 0.3) is 10.1 Å². The first kappa shape index (κ1) is 43.5. The number of thiophene rings is 1. The van der Waals surface area contributed by atoms with E-state index in [0.29, 0.717) is 55.2 Å². The first-order chi connectivity index (χ1) is 28.9. The van der Waals surface area contributed by atoms with Gasteiger partial charge < -0.3 is 19.6 Å². The second-order valence-electron chi connectivity index (χ2n) is 15.4. The second-order valence-corrected chi connectivity index (χ2v) is 19.6. The monoisotopic (exact) mass is 876 g/mol. The van der Waals surface area contributed by atoms with Crippen molar-refractivity contribution in [1.29, 1.82) is 5.26 Å². The predicted molar refractivity (Wildman–Crippen MR) is 227 cm³/mol. The van der Waals surface area contributed by atoms with Crippen molar-refractivity contribution < 1.29 is 41.6 Å². The molecule has 60 heavy (non-hydrogen) atoms. The molecule has 1 unspecified atom stereocenters. The van der Waals surface area contributed by atoms with E-state index >= 15 is 8.78 Å². The minimum atomic E-state index is -5.24. The fourth-order valence-electron chi connectivity index (χ4n) is 8.38. The Kier molecular flexibility index (Phi) is 13.8. The lowest BCUT2D eigenvalue weighted by Crippen LogP contribution is -2.56. The maximum absolute atomic E-state index is 16.4. The fraction of sp³-hybridized carbons (Fsp3) is 0.432. The zero-order chi connectivity index (χ0) is 42.4. The normalized spacial score (nSPS) is 23.0. The molecule has 0 saturated carbocycles. The molecule has 11 nitrogen and oxygen atoms in total. The van der Waals surface area contributed by atoms with Crippen LogP contribution in [0.3, 0.4) is 0 Å². The molecule has 3 aromatic carbocycles. The lowest BCUT2D eigenvalue weighted by Gasteiger charge is -2.36. The van der Waals surface area contributed by atoms with Gasteiger partial charge in [0.2, 0.25) is 11.8 Å². The van der Waals surface area contributed by atoms with Crippen LogP contribution in [-0.2, 0) is 29.1 Å². The summed E-state index contributed by atoms with van der Waals surface area (Å²) in [5.74, 6) is -1.64. The first-order valence-electron chi connectivity index (χ1n) is 20.4. The maximum atomic E-state index is 16.4. The molecule has 3 aliphatic heterocycles. The van der Waals surface area contributed by atoms with Gasteiger partial charge in [0.05, 0.1) is 23.5 Å². The molecule has 7 rings (SSSR count). The highest BCUT2D eigenvalue weighted by molar-refractivity contribution is 8.13. The number of rotatable bonds is 14. The third-order valence-corrected chi connectivity index (χ3v) is 15.3. The Morgan fingerprint density at radius 2 is 1.72 bits per heavy atom. The number of benzene rings is 3. The van der Waals surface area contributed by atoms with Gasteiger partial charge in [0, 0.05) is 47.5 Å². The number of nitriles is 1. The number of fused-ring (bicyclic) bond motifs is 2. The van der Waals surface area contributed by atoms with Crippen LogP contribution >= 0.6 is 30.7 Å². The molecule has 6 atom stereocenters. The quantitative estimate of drug-likeness (QED) is 0.0969. The Morgan fingerprint density at radius 1 is 0.983 bits per heavy atom. The average Bonchev–Trinajstić information content (AvgIpc) is 4.00. The zero-order valence-electron chi connectivity index (χ0n) is 33.2. The van der Waals surface area contributed by atoms with E-state index in [1.165, 1.54) is 24.3 Å². The van der Waals surface area contributed by atoms with Crippen LogP contribution in [-0.4, -0.2) is 76.2 Å². The van der Waals surface area contributed by atoms with Gasteiger partial charge in [-0.15, -0.1) is 11.3 Å². The molecule has 316 valence electrons. The summed E-state index contributed by atoms with van der Waals surface area (Å²) in [5, 5.41) is 13.0. The summed E-state index contributed by atoms with van der Waals surface area (Å²) >= 11 is 1.98. The van der Waals surface area contributed by atoms with Crippen molar-refractivity contribution in [3.8, 4) is 11.8 Å². The highest BCUT2D eigenvalue weighted by Crippen LogP contribution is 2.66. The summed E-state index contributed by atoms with van der Waals surface area (Å²) in [7, 11) is -5.24. The van der Waals surface area contributed by atoms with Gasteiger partial charge in [-0.2, -0.15) is 14.0 Å². The van der Waals surface area contributed by atoms with E-state index in [1.807, 2.05) is 37.3 Å². The van der Waals surface area contributed by atoms with Gasteiger partial charge in [0.25, 0.3) is 5.91 Å². The standard InChI is InChI=1S/C44H47F2N4O7PS2/c1-2-11-40(51)59-23-22-56-58(55,57-34-15-7-4-8-16-34)44(45,46)32-18-21-38-30(24-32)25-39(60-38)41(52)48-36-17-10-9-14-33-19-20-37(50(33)42(36)53)43(54)49-27-31(26-47)35(28-49)29-12-5-3-6-13-29/h3-8,12-13,15-16,18,21,24-25,31,33,35-37H,2,9-11,14,17,19-20,22-23,27-28H2,1H3,(H,48,52)/t31-,33-,35+,36-,37-,58?/m0/s1. The maximum Gasteiger partial charge on any atom is 0.453 e. The molecule has 16 heteroatoms. The number of para-hydroxylation sites is 1. The lowest BCUT2D eigenvalue weighted by molar-refractivity contribution is -0.146. The predicted octanol–water partition coefficient (Wildman–Crippen LogP) is 9.10. The van der Waals surface area contributed by atoms with Gasteiger partial charge in [0.1, 0.15) is 17.8 Å². The van der Waals surface area contributed by atoms with Crippen molar-refractivity contribution in [3.05, 3.63) is 101 Å². The van der Waals surface area contributed by atoms with Gasteiger partial charge in [-0.25, -0.2) is 4.57 Å². The number of amides is 3. The van der Waals surface area contributed by atoms with Crippen LogP contribution in [0.2, 0.25) is 0 Å². The lowest BCUT2D eigenvalue weighted by atomic mass is 9.90.